The molecule has 0 aromatic heterocycles. The summed E-state index contributed by atoms with van der Waals surface area (Å²) in [5.74, 6) is 0.200. The zero-order valence-electron chi connectivity index (χ0n) is 16.8. The Kier molecular flexibility index (Phi) is 5.27. The minimum Gasteiger partial charge on any atom is -0.360 e. The number of quaternary nitrogens is 1. The number of aryl methyl sites for hydroxylation is 1. The monoisotopic (exact) mass is 405 g/mol. The number of nitrogens with zero attached hydrogens (tertiary/aromatic N) is 2. The van der Waals surface area contributed by atoms with Crippen LogP contribution in [0, 0.1) is 12.8 Å². The average molecular weight is 406 g/mol. The summed E-state index contributed by atoms with van der Waals surface area (Å²) < 4.78 is 0. The summed E-state index contributed by atoms with van der Waals surface area (Å²) in [4.78, 5) is 30.8. The van der Waals surface area contributed by atoms with Crippen molar-refractivity contribution in [2.75, 3.05) is 37.7 Å². The first-order chi connectivity index (χ1) is 13.4. The lowest BCUT2D eigenvalue weighted by Gasteiger charge is -2.37. The Balaban J connectivity index is 1.39. The molecule has 2 heterocycles. The molecule has 2 saturated heterocycles. The summed E-state index contributed by atoms with van der Waals surface area (Å²) >= 11 is 6.17. The molecule has 2 N–H and O–H groups in total. The van der Waals surface area contributed by atoms with Gasteiger partial charge in [-0.15, -0.1) is 0 Å². The molecule has 3 aliphatic rings. The van der Waals surface area contributed by atoms with Crippen molar-refractivity contribution >= 4 is 29.2 Å². The SMILES string of the molecule is Cc1ccc(Cl)cc1N1CC[NH+](CN2C(=O)N[C@@]3(CCCC[C@H]3C)C2=O)CC1. The first-order valence-corrected chi connectivity index (χ1v) is 10.8. The van der Waals surface area contributed by atoms with E-state index in [0.29, 0.717) is 6.67 Å². The van der Waals surface area contributed by atoms with Gasteiger partial charge in [-0.25, -0.2) is 9.69 Å². The van der Waals surface area contributed by atoms with Crippen molar-refractivity contribution in [1.29, 1.82) is 0 Å². The molecule has 1 spiro atoms. The van der Waals surface area contributed by atoms with Crippen LogP contribution in [-0.2, 0) is 4.79 Å². The molecule has 2 aliphatic heterocycles. The fourth-order valence-corrected chi connectivity index (χ4v) is 5.17. The molecule has 4 rings (SSSR count). The maximum absolute atomic E-state index is 13.1. The van der Waals surface area contributed by atoms with Crippen LogP contribution in [0.3, 0.4) is 0 Å². The van der Waals surface area contributed by atoms with Gasteiger partial charge in [-0.1, -0.05) is 37.4 Å². The number of nitrogens with one attached hydrogen (secondary N) is 2. The Morgan fingerprint density at radius 1 is 1.25 bits per heavy atom. The van der Waals surface area contributed by atoms with Crippen LogP contribution < -0.4 is 15.1 Å². The van der Waals surface area contributed by atoms with Crippen molar-refractivity contribution < 1.29 is 14.5 Å². The molecule has 28 heavy (non-hydrogen) atoms. The number of carbonyl (C=O) groups excluding carboxylic acids is 2. The van der Waals surface area contributed by atoms with E-state index in [1.165, 1.54) is 21.1 Å². The standard InChI is InChI=1S/C21H29ClN4O2/c1-15-6-7-17(22)13-18(15)25-11-9-24(10-12-25)14-26-19(27)21(23-20(26)28)8-4-3-5-16(21)2/h6-7,13,16H,3-5,8-12,14H2,1-2H3,(H,23,28)/p+1/t16-,21-/m1/s1. The number of imide groups is 1. The van der Waals surface area contributed by atoms with Gasteiger partial charge >= 0.3 is 6.03 Å². The highest BCUT2D eigenvalue weighted by Crippen LogP contribution is 2.37. The molecule has 3 fully saturated rings. The molecule has 0 bridgehead atoms. The van der Waals surface area contributed by atoms with Crippen molar-refractivity contribution in [2.45, 2.75) is 45.1 Å². The van der Waals surface area contributed by atoms with E-state index in [1.54, 1.807) is 0 Å². The third-order valence-electron chi connectivity index (χ3n) is 6.87. The number of carbonyl (C=O) groups is 2. The highest BCUT2D eigenvalue weighted by atomic mass is 35.5. The van der Waals surface area contributed by atoms with Crippen molar-refractivity contribution in [3.05, 3.63) is 28.8 Å². The van der Waals surface area contributed by atoms with Crippen LogP contribution in [0.1, 0.15) is 38.2 Å². The zero-order chi connectivity index (χ0) is 19.9. The second kappa shape index (κ2) is 7.56. The van der Waals surface area contributed by atoms with Crippen molar-refractivity contribution in [2.24, 2.45) is 5.92 Å². The molecule has 1 aromatic carbocycles. The second-order valence-corrected chi connectivity index (χ2v) is 9.04. The molecule has 0 unspecified atom stereocenters. The topological polar surface area (TPSA) is 57.1 Å². The van der Waals surface area contributed by atoms with E-state index in [-0.39, 0.29) is 17.9 Å². The smallest absolute Gasteiger partial charge is 0.329 e. The zero-order valence-corrected chi connectivity index (χ0v) is 17.5. The van der Waals surface area contributed by atoms with E-state index in [0.717, 1.165) is 56.9 Å². The number of amides is 3. The van der Waals surface area contributed by atoms with Crippen molar-refractivity contribution in [1.82, 2.24) is 10.2 Å². The van der Waals surface area contributed by atoms with Gasteiger partial charge in [-0.3, -0.25) is 4.79 Å². The number of hydrogen-bond acceptors (Lipinski definition) is 3. The predicted octanol–water partition coefficient (Wildman–Crippen LogP) is 1.81. The quantitative estimate of drug-likeness (QED) is 0.754. The van der Waals surface area contributed by atoms with Gasteiger partial charge in [0.2, 0.25) is 0 Å². The lowest BCUT2D eigenvalue weighted by atomic mass is 9.73. The normalized spacial score (nSPS) is 28.9. The van der Waals surface area contributed by atoms with E-state index >= 15 is 0 Å². The number of piperazine rings is 1. The summed E-state index contributed by atoms with van der Waals surface area (Å²) in [5.41, 5.74) is 1.74. The van der Waals surface area contributed by atoms with Gasteiger partial charge in [0, 0.05) is 10.7 Å². The fraction of sp³-hybridized carbons (Fsp3) is 0.619. The number of halogens is 1. The summed E-state index contributed by atoms with van der Waals surface area (Å²) in [6.45, 7) is 8.23. The third kappa shape index (κ3) is 3.37. The lowest BCUT2D eigenvalue weighted by Crippen LogP contribution is -3.16. The predicted molar refractivity (Wildman–Crippen MR) is 110 cm³/mol. The van der Waals surface area contributed by atoms with Crippen molar-refractivity contribution in [3.63, 3.8) is 0 Å². The molecule has 1 aliphatic carbocycles. The molecule has 1 saturated carbocycles. The van der Waals surface area contributed by atoms with Gasteiger partial charge in [-0.05, 0) is 43.4 Å². The molecular weight excluding hydrogens is 376 g/mol. The molecular formula is C21H30ClN4O2+. The van der Waals surface area contributed by atoms with Crippen LogP contribution in [0.25, 0.3) is 0 Å². The maximum atomic E-state index is 13.1. The van der Waals surface area contributed by atoms with Crippen molar-refractivity contribution in [3.8, 4) is 0 Å². The Morgan fingerprint density at radius 3 is 2.71 bits per heavy atom. The Bertz CT molecular complexity index is 778. The lowest BCUT2D eigenvalue weighted by molar-refractivity contribution is -0.907. The molecule has 152 valence electrons. The summed E-state index contributed by atoms with van der Waals surface area (Å²) in [6.07, 6.45) is 3.92. The van der Waals surface area contributed by atoms with Gasteiger partial charge in [0.25, 0.3) is 5.91 Å². The van der Waals surface area contributed by atoms with E-state index in [4.69, 9.17) is 11.6 Å². The molecule has 3 amide bonds. The van der Waals surface area contributed by atoms with E-state index in [9.17, 15) is 9.59 Å². The molecule has 1 aromatic rings. The minimum atomic E-state index is -0.658. The average Bonchev–Trinajstić information content (AvgIpc) is 2.92. The van der Waals surface area contributed by atoms with Crippen LogP contribution in [0.5, 0.6) is 0 Å². The highest BCUT2D eigenvalue weighted by Gasteiger charge is 2.55. The first-order valence-electron chi connectivity index (χ1n) is 10.4. The van der Waals surface area contributed by atoms with Crippen LogP contribution in [-0.4, -0.2) is 55.2 Å². The van der Waals surface area contributed by atoms with E-state index in [2.05, 4.69) is 30.1 Å². The second-order valence-electron chi connectivity index (χ2n) is 8.61. The number of urea groups is 1. The fourth-order valence-electron chi connectivity index (χ4n) is 5.01. The summed E-state index contributed by atoms with van der Waals surface area (Å²) in [5, 5.41) is 3.81. The molecule has 2 atom stereocenters. The van der Waals surface area contributed by atoms with Crippen LogP contribution in [0.15, 0.2) is 18.2 Å². The minimum absolute atomic E-state index is 0.00897. The third-order valence-corrected chi connectivity index (χ3v) is 7.10. The van der Waals surface area contributed by atoms with Gasteiger partial charge in [0.05, 0.1) is 26.2 Å². The Morgan fingerprint density at radius 2 is 2.00 bits per heavy atom. The van der Waals surface area contributed by atoms with E-state index in [1.807, 2.05) is 12.1 Å². The first kappa shape index (κ1) is 19.5. The largest absolute Gasteiger partial charge is 0.360 e. The Labute approximate surface area is 171 Å². The van der Waals surface area contributed by atoms with Gasteiger partial charge in [-0.2, -0.15) is 0 Å². The van der Waals surface area contributed by atoms with Crippen LogP contribution in [0.4, 0.5) is 10.5 Å². The molecule has 6 nitrogen and oxygen atoms in total. The highest BCUT2D eigenvalue weighted by molar-refractivity contribution is 6.30. The van der Waals surface area contributed by atoms with Crippen LogP contribution in [0.2, 0.25) is 5.02 Å². The van der Waals surface area contributed by atoms with Crippen LogP contribution >= 0.6 is 11.6 Å². The Hall–Kier alpha value is -1.79. The number of benzene rings is 1. The van der Waals surface area contributed by atoms with Gasteiger partial charge in [0.1, 0.15) is 5.54 Å². The van der Waals surface area contributed by atoms with E-state index < -0.39 is 5.54 Å². The number of hydrogen-bond donors (Lipinski definition) is 2. The number of anilines is 1. The summed E-state index contributed by atoms with van der Waals surface area (Å²) in [6, 6.07) is 5.78. The summed E-state index contributed by atoms with van der Waals surface area (Å²) in [7, 11) is 0. The molecule has 0 radical (unpaired) electrons. The van der Waals surface area contributed by atoms with Gasteiger partial charge in [0.15, 0.2) is 6.67 Å². The molecule has 7 heteroatoms. The number of rotatable bonds is 3. The van der Waals surface area contributed by atoms with Gasteiger partial charge < -0.3 is 15.1 Å². The maximum Gasteiger partial charge on any atom is 0.329 e.